The van der Waals surface area contributed by atoms with Gasteiger partial charge in [-0.15, -0.1) is 0 Å². The van der Waals surface area contributed by atoms with Crippen LogP contribution in [-0.2, 0) is 0 Å². The molecule has 0 spiro atoms. The van der Waals surface area contributed by atoms with E-state index in [2.05, 4.69) is 13.7 Å². The molecule has 1 unspecified atom stereocenters. The summed E-state index contributed by atoms with van der Waals surface area (Å²) in [5.41, 5.74) is 8.83. The lowest BCUT2D eigenvalue weighted by Gasteiger charge is -2.08. The Morgan fingerprint density at radius 1 is 1.18 bits per heavy atom. The lowest BCUT2D eigenvalue weighted by molar-refractivity contribution is 0.840. The largest absolute Gasteiger partial charge is 0.319 e. The van der Waals surface area contributed by atoms with Gasteiger partial charge >= 0.3 is 0 Å². The molecule has 0 aliphatic heterocycles. The van der Waals surface area contributed by atoms with E-state index in [0.717, 1.165) is 22.2 Å². The van der Waals surface area contributed by atoms with Crippen LogP contribution in [0.1, 0.15) is 17.3 Å². The van der Waals surface area contributed by atoms with Gasteiger partial charge in [-0.05, 0) is 17.7 Å². The molecule has 3 rings (SSSR count). The Morgan fingerprint density at radius 2 is 2.06 bits per heavy atom. The van der Waals surface area contributed by atoms with E-state index in [1.807, 2.05) is 30.3 Å². The van der Waals surface area contributed by atoms with Crippen molar-refractivity contribution in [1.82, 2.24) is 13.7 Å². The van der Waals surface area contributed by atoms with E-state index in [1.54, 1.807) is 12.4 Å². The second-order valence-electron chi connectivity index (χ2n) is 3.77. The fraction of sp³-hybridized carbons (Fsp3) is 0.0833. The molecule has 5 heteroatoms. The van der Waals surface area contributed by atoms with Crippen LogP contribution >= 0.6 is 11.7 Å². The lowest BCUT2D eigenvalue weighted by Crippen LogP contribution is -2.12. The van der Waals surface area contributed by atoms with Gasteiger partial charge in [-0.2, -0.15) is 8.75 Å². The zero-order valence-electron chi connectivity index (χ0n) is 8.95. The number of rotatable bonds is 2. The van der Waals surface area contributed by atoms with Gasteiger partial charge in [0.1, 0.15) is 0 Å². The van der Waals surface area contributed by atoms with Crippen LogP contribution in [-0.4, -0.2) is 13.7 Å². The highest BCUT2D eigenvalue weighted by Gasteiger charge is 2.12. The first-order valence-corrected chi connectivity index (χ1v) is 5.95. The average molecular weight is 242 g/mol. The normalized spacial score (nSPS) is 12.8. The van der Waals surface area contributed by atoms with Crippen LogP contribution in [0.15, 0.2) is 42.7 Å². The van der Waals surface area contributed by atoms with Crippen molar-refractivity contribution in [3.8, 4) is 0 Å². The zero-order chi connectivity index (χ0) is 11.7. The average Bonchev–Trinajstić information content (AvgIpc) is 2.91. The van der Waals surface area contributed by atoms with Gasteiger partial charge in [0.25, 0.3) is 0 Å². The SMILES string of the molecule is NC(c1cnc2ccccc2c1)c1cnsn1. The predicted molar refractivity (Wildman–Crippen MR) is 67.7 cm³/mol. The Balaban J connectivity index is 2.06. The van der Waals surface area contributed by atoms with Gasteiger partial charge < -0.3 is 5.73 Å². The summed E-state index contributed by atoms with van der Waals surface area (Å²) >= 11 is 1.17. The van der Waals surface area contributed by atoms with Crippen molar-refractivity contribution in [3.05, 3.63) is 54.0 Å². The molecule has 0 amide bonds. The lowest BCUT2D eigenvalue weighted by atomic mass is 10.1. The minimum atomic E-state index is -0.258. The molecule has 0 aliphatic carbocycles. The summed E-state index contributed by atoms with van der Waals surface area (Å²) in [6.07, 6.45) is 3.50. The second-order valence-corrected chi connectivity index (χ2v) is 4.33. The van der Waals surface area contributed by atoms with Gasteiger partial charge in [0.2, 0.25) is 0 Å². The highest BCUT2D eigenvalue weighted by Crippen LogP contribution is 2.20. The van der Waals surface area contributed by atoms with E-state index in [0.29, 0.717) is 0 Å². The van der Waals surface area contributed by atoms with Crippen molar-refractivity contribution in [3.63, 3.8) is 0 Å². The van der Waals surface area contributed by atoms with Crippen LogP contribution in [0.5, 0.6) is 0 Å². The molecular weight excluding hydrogens is 232 g/mol. The minimum absolute atomic E-state index is 0.258. The third-order valence-electron chi connectivity index (χ3n) is 2.67. The highest BCUT2D eigenvalue weighted by atomic mass is 32.1. The number of benzene rings is 1. The maximum absolute atomic E-state index is 6.12. The summed E-state index contributed by atoms with van der Waals surface area (Å²) < 4.78 is 8.11. The summed E-state index contributed by atoms with van der Waals surface area (Å²) in [4.78, 5) is 4.39. The number of hydrogen-bond acceptors (Lipinski definition) is 5. The first-order chi connectivity index (χ1) is 8.34. The predicted octanol–water partition coefficient (Wildman–Crippen LogP) is 2.13. The number of pyridine rings is 1. The number of aromatic nitrogens is 3. The molecule has 0 aliphatic rings. The summed E-state index contributed by atoms with van der Waals surface area (Å²) in [6.45, 7) is 0. The molecule has 2 aromatic heterocycles. The Kier molecular flexibility index (Phi) is 2.55. The highest BCUT2D eigenvalue weighted by molar-refractivity contribution is 6.99. The van der Waals surface area contributed by atoms with Crippen LogP contribution in [0.25, 0.3) is 10.9 Å². The number of para-hydroxylation sites is 1. The topological polar surface area (TPSA) is 64.7 Å². The van der Waals surface area contributed by atoms with Crippen molar-refractivity contribution >= 4 is 22.6 Å². The van der Waals surface area contributed by atoms with Crippen LogP contribution in [0.2, 0.25) is 0 Å². The number of fused-ring (bicyclic) bond motifs is 1. The van der Waals surface area contributed by atoms with Gasteiger partial charge in [0, 0.05) is 11.6 Å². The first kappa shape index (κ1) is 10.3. The third-order valence-corrected chi connectivity index (χ3v) is 3.16. The van der Waals surface area contributed by atoms with E-state index in [-0.39, 0.29) is 6.04 Å². The van der Waals surface area contributed by atoms with E-state index in [4.69, 9.17) is 5.73 Å². The number of hydrogen-bond donors (Lipinski definition) is 1. The molecular formula is C12H10N4S. The number of nitrogens with two attached hydrogens (primary N) is 1. The van der Waals surface area contributed by atoms with Crippen LogP contribution in [0, 0.1) is 0 Å². The molecule has 2 heterocycles. The molecule has 0 saturated heterocycles. The molecule has 1 aromatic carbocycles. The van der Waals surface area contributed by atoms with Gasteiger partial charge in [-0.1, -0.05) is 18.2 Å². The van der Waals surface area contributed by atoms with Crippen molar-refractivity contribution < 1.29 is 0 Å². The summed E-state index contributed by atoms with van der Waals surface area (Å²) in [5, 5.41) is 1.09. The Bertz CT molecular complexity index is 636. The van der Waals surface area contributed by atoms with Crippen molar-refractivity contribution in [2.45, 2.75) is 6.04 Å². The monoisotopic (exact) mass is 242 g/mol. The maximum Gasteiger partial charge on any atom is 0.0956 e. The molecule has 2 N–H and O–H groups in total. The number of nitrogens with zero attached hydrogens (tertiary/aromatic N) is 3. The van der Waals surface area contributed by atoms with E-state index < -0.39 is 0 Å². The molecule has 0 radical (unpaired) electrons. The molecule has 4 nitrogen and oxygen atoms in total. The third kappa shape index (κ3) is 1.90. The van der Waals surface area contributed by atoms with Crippen molar-refractivity contribution in [2.24, 2.45) is 5.73 Å². The standard InChI is InChI=1S/C12H10N4S/c13-12(11-7-15-17-16-11)9-5-8-3-1-2-4-10(8)14-6-9/h1-7,12H,13H2. The Labute approximate surface area is 102 Å². The van der Waals surface area contributed by atoms with Gasteiger partial charge in [-0.3, -0.25) is 4.98 Å². The Hall–Kier alpha value is -1.85. The summed E-state index contributed by atoms with van der Waals surface area (Å²) in [5.74, 6) is 0. The molecule has 0 bridgehead atoms. The Morgan fingerprint density at radius 3 is 2.88 bits per heavy atom. The molecule has 17 heavy (non-hydrogen) atoms. The molecule has 1 atom stereocenters. The van der Waals surface area contributed by atoms with Gasteiger partial charge in [0.15, 0.2) is 0 Å². The fourth-order valence-electron chi connectivity index (χ4n) is 1.74. The van der Waals surface area contributed by atoms with Crippen LogP contribution in [0.4, 0.5) is 0 Å². The fourth-order valence-corrected chi connectivity index (χ4v) is 2.20. The zero-order valence-corrected chi connectivity index (χ0v) is 9.76. The van der Waals surface area contributed by atoms with Gasteiger partial charge in [-0.25, -0.2) is 0 Å². The molecule has 3 aromatic rings. The smallest absolute Gasteiger partial charge is 0.0956 e. The van der Waals surface area contributed by atoms with Crippen molar-refractivity contribution in [2.75, 3.05) is 0 Å². The van der Waals surface area contributed by atoms with E-state index >= 15 is 0 Å². The summed E-state index contributed by atoms with van der Waals surface area (Å²) in [7, 11) is 0. The van der Waals surface area contributed by atoms with Crippen molar-refractivity contribution in [1.29, 1.82) is 0 Å². The molecule has 84 valence electrons. The van der Waals surface area contributed by atoms with Crippen LogP contribution < -0.4 is 5.73 Å². The maximum atomic E-state index is 6.12. The van der Waals surface area contributed by atoms with E-state index in [1.165, 1.54) is 11.7 Å². The van der Waals surface area contributed by atoms with Gasteiger partial charge in [0.05, 0.1) is 35.2 Å². The molecule has 0 fully saturated rings. The van der Waals surface area contributed by atoms with Crippen LogP contribution in [0.3, 0.4) is 0 Å². The van der Waals surface area contributed by atoms with E-state index in [9.17, 15) is 0 Å². The quantitative estimate of drug-likeness (QED) is 0.747. The first-order valence-electron chi connectivity index (χ1n) is 5.22. The summed E-state index contributed by atoms with van der Waals surface area (Å²) in [6, 6.07) is 9.76. The minimum Gasteiger partial charge on any atom is -0.319 e. The molecule has 0 saturated carbocycles. The second kappa shape index (κ2) is 4.20.